The third-order valence-electron chi connectivity index (χ3n) is 2.80. The quantitative estimate of drug-likeness (QED) is 0.593. The van der Waals surface area contributed by atoms with Crippen LogP contribution in [-0.4, -0.2) is 39.6 Å². The number of likely N-dealkylation sites (N-methyl/N-ethyl adjacent to an activating group) is 1. The molecule has 0 saturated heterocycles. The molecule has 20 heavy (non-hydrogen) atoms. The molecule has 1 rings (SSSR count). The molecule has 4 nitrogen and oxygen atoms in total. The molecular formula is C12H16Br2ClNO3S. The smallest absolute Gasteiger partial charge is 0.261 e. The van der Waals surface area contributed by atoms with Crippen LogP contribution in [0.5, 0.6) is 5.75 Å². The Hall–Kier alpha value is 0.180. The van der Waals surface area contributed by atoms with Gasteiger partial charge in [0.1, 0.15) is 12.4 Å². The predicted octanol–water partition coefficient (Wildman–Crippen LogP) is 3.86. The average molecular weight is 450 g/mol. The highest BCUT2D eigenvalue weighted by Crippen LogP contribution is 2.36. The van der Waals surface area contributed by atoms with Gasteiger partial charge in [0, 0.05) is 17.2 Å². The first-order valence-corrected chi connectivity index (χ1v) is 9.98. The summed E-state index contributed by atoms with van der Waals surface area (Å²) in [5.74, 6) is 0.571. The maximum atomic E-state index is 11.3. The van der Waals surface area contributed by atoms with Crippen molar-refractivity contribution in [2.24, 2.45) is 0 Å². The van der Waals surface area contributed by atoms with Gasteiger partial charge in [-0.2, -0.15) is 0 Å². The minimum atomic E-state index is -3.76. The van der Waals surface area contributed by atoms with Crippen LogP contribution in [-0.2, 0) is 9.05 Å². The molecule has 0 saturated carbocycles. The number of nitrogens with zero attached hydrogens (tertiary/aromatic N) is 1. The van der Waals surface area contributed by atoms with Gasteiger partial charge >= 0.3 is 0 Å². The van der Waals surface area contributed by atoms with Crippen LogP contribution >= 0.6 is 42.5 Å². The molecule has 0 heterocycles. The summed E-state index contributed by atoms with van der Waals surface area (Å²) in [5.41, 5.74) is 0. The first-order chi connectivity index (χ1) is 9.29. The topological polar surface area (TPSA) is 46.6 Å². The van der Waals surface area contributed by atoms with Gasteiger partial charge in [-0.15, -0.1) is 0 Å². The Morgan fingerprint density at radius 3 is 2.10 bits per heavy atom. The maximum absolute atomic E-state index is 11.3. The van der Waals surface area contributed by atoms with E-state index < -0.39 is 9.05 Å². The standard InChI is InChI=1S/C12H16Br2ClNO3S/c1-3-16(4-2)5-6-19-12-10(13)7-9(8-11(12)14)20(15,17)18/h7-8H,3-6H2,1-2H3. The van der Waals surface area contributed by atoms with E-state index in [1.165, 1.54) is 12.1 Å². The monoisotopic (exact) mass is 447 g/mol. The summed E-state index contributed by atoms with van der Waals surface area (Å²) >= 11 is 6.60. The Kier molecular flexibility index (Phi) is 7.28. The maximum Gasteiger partial charge on any atom is 0.261 e. The van der Waals surface area contributed by atoms with E-state index in [4.69, 9.17) is 15.4 Å². The highest BCUT2D eigenvalue weighted by molar-refractivity contribution is 9.11. The SMILES string of the molecule is CCN(CC)CCOc1c(Br)cc(S(=O)(=O)Cl)cc1Br. The van der Waals surface area contributed by atoms with E-state index in [2.05, 4.69) is 50.6 Å². The number of ether oxygens (including phenoxy) is 1. The van der Waals surface area contributed by atoms with Crippen LogP contribution in [0.3, 0.4) is 0 Å². The zero-order valence-corrected chi connectivity index (χ0v) is 15.9. The zero-order valence-electron chi connectivity index (χ0n) is 11.2. The van der Waals surface area contributed by atoms with Gasteiger partial charge in [0.2, 0.25) is 0 Å². The Bertz CT molecular complexity index is 539. The van der Waals surface area contributed by atoms with Crippen molar-refractivity contribution >= 4 is 51.6 Å². The molecular weight excluding hydrogens is 433 g/mol. The normalized spacial score (nSPS) is 11.9. The summed E-state index contributed by atoms with van der Waals surface area (Å²) in [4.78, 5) is 2.26. The van der Waals surface area contributed by atoms with E-state index in [0.717, 1.165) is 19.6 Å². The lowest BCUT2D eigenvalue weighted by atomic mass is 10.3. The number of hydrogen-bond donors (Lipinski definition) is 0. The van der Waals surface area contributed by atoms with E-state index in [9.17, 15) is 8.42 Å². The second kappa shape index (κ2) is 7.98. The summed E-state index contributed by atoms with van der Waals surface area (Å²) in [6.45, 7) is 7.44. The van der Waals surface area contributed by atoms with Crippen LogP contribution in [0.15, 0.2) is 26.0 Å². The molecule has 0 unspecified atom stereocenters. The highest BCUT2D eigenvalue weighted by Gasteiger charge is 2.16. The minimum Gasteiger partial charge on any atom is -0.490 e. The number of benzene rings is 1. The first-order valence-electron chi connectivity index (χ1n) is 6.08. The number of halogens is 3. The lowest BCUT2D eigenvalue weighted by molar-refractivity contribution is 0.221. The Labute approximate surface area is 141 Å². The van der Waals surface area contributed by atoms with E-state index >= 15 is 0 Å². The molecule has 8 heteroatoms. The summed E-state index contributed by atoms with van der Waals surface area (Å²) < 4.78 is 29.4. The van der Waals surface area contributed by atoms with E-state index in [-0.39, 0.29) is 4.90 Å². The van der Waals surface area contributed by atoms with Crippen LogP contribution in [0.1, 0.15) is 13.8 Å². The number of hydrogen-bond acceptors (Lipinski definition) is 4. The average Bonchev–Trinajstić information content (AvgIpc) is 2.36. The molecule has 1 aromatic carbocycles. The van der Waals surface area contributed by atoms with E-state index in [1.54, 1.807) is 0 Å². The molecule has 0 radical (unpaired) electrons. The molecule has 0 aliphatic heterocycles. The van der Waals surface area contributed by atoms with Gasteiger partial charge in [-0.3, -0.25) is 0 Å². The van der Waals surface area contributed by atoms with Crippen molar-refractivity contribution in [3.8, 4) is 5.75 Å². The lowest BCUT2D eigenvalue weighted by Gasteiger charge is -2.19. The minimum absolute atomic E-state index is 0.0222. The van der Waals surface area contributed by atoms with Crippen molar-refractivity contribution in [1.82, 2.24) is 4.90 Å². The summed E-state index contributed by atoms with van der Waals surface area (Å²) in [5, 5.41) is 0. The van der Waals surface area contributed by atoms with Crippen LogP contribution in [0.25, 0.3) is 0 Å². The molecule has 0 aliphatic carbocycles. The molecule has 0 atom stereocenters. The molecule has 0 fully saturated rings. The van der Waals surface area contributed by atoms with Crippen LogP contribution in [0.2, 0.25) is 0 Å². The molecule has 0 bridgehead atoms. The van der Waals surface area contributed by atoms with Crippen molar-refractivity contribution in [3.05, 3.63) is 21.1 Å². The van der Waals surface area contributed by atoms with E-state index in [1.807, 2.05) is 0 Å². The van der Waals surface area contributed by atoms with Gasteiger partial charge in [-0.25, -0.2) is 8.42 Å². The van der Waals surface area contributed by atoms with Crippen LogP contribution < -0.4 is 4.74 Å². The fourth-order valence-electron chi connectivity index (χ4n) is 1.63. The summed E-state index contributed by atoms with van der Waals surface area (Å²) in [6, 6.07) is 2.86. The van der Waals surface area contributed by atoms with Gasteiger partial charge in [-0.05, 0) is 57.1 Å². The molecule has 0 aromatic heterocycles. The van der Waals surface area contributed by atoms with Crippen molar-refractivity contribution in [1.29, 1.82) is 0 Å². The van der Waals surface area contributed by atoms with Crippen molar-refractivity contribution in [2.75, 3.05) is 26.2 Å². The van der Waals surface area contributed by atoms with Crippen LogP contribution in [0, 0.1) is 0 Å². The fraction of sp³-hybridized carbons (Fsp3) is 0.500. The van der Waals surface area contributed by atoms with Gasteiger partial charge < -0.3 is 9.64 Å². The molecule has 0 spiro atoms. The van der Waals surface area contributed by atoms with Gasteiger partial charge in [0.05, 0.1) is 13.8 Å². The third kappa shape index (κ3) is 5.18. The summed E-state index contributed by atoms with van der Waals surface area (Å²) in [6.07, 6.45) is 0. The predicted molar refractivity (Wildman–Crippen MR) is 88.2 cm³/mol. The fourth-order valence-corrected chi connectivity index (χ4v) is 4.13. The van der Waals surface area contributed by atoms with Crippen LogP contribution in [0.4, 0.5) is 0 Å². The zero-order chi connectivity index (χ0) is 15.3. The molecule has 0 aliphatic rings. The Morgan fingerprint density at radius 2 is 1.70 bits per heavy atom. The second-order valence-corrected chi connectivity index (χ2v) is 8.30. The van der Waals surface area contributed by atoms with Gasteiger partial charge in [0.15, 0.2) is 0 Å². The largest absolute Gasteiger partial charge is 0.490 e. The molecule has 0 N–H and O–H groups in total. The van der Waals surface area contributed by atoms with Crippen molar-refractivity contribution in [2.45, 2.75) is 18.7 Å². The third-order valence-corrected chi connectivity index (χ3v) is 5.31. The van der Waals surface area contributed by atoms with E-state index in [0.29, 0.717) is 21.3 Å². The molecule has 114 valence electrons. The lowest BCUT2D eigenvalue weighted by Crippen LogP contribution is -2.28. The number of rotatable bonds is 7. The summed E-state index contributed by atoms with van der Waals surface area (Å²) in [7, 11) is 1.56. The second-order valence-electron chi connectivity index (χ2n) is 4.03. The molecule has 1 aromatic rings. The van der Waals surface area contributed by atoms with Crippen molar-refractivity contribution < 1.29 is 13.2 Å². The Morgan fingerprint density at radius 1 is 1.20 bits per heavy atom. The highest BCUT2D eigenvalue weighted by atomic mass is 79.9. The van der Waals surface area contributed by atoms with Crippen molar-refractivity contribution in [3.63, 3.8) is 0 Å². The molecule has 0 amide bonds. The Balaban J connectivity index is 2.82. The van der Waals surface area contributed by atoms with Gasteiger partial charge in [-0.1, -0.05) is 13.8 Å². The first kappa shape index (κ1) is 18.2. The van der Waals surface area contributed by atoms with Gasteiger partial charge in [0.25, 0.3) is 9.05 Å².